The number of fused-ring (bicyclic) bond motifs is 1. The molecule has 0 unspecified atom stereocenters. The number of hydrogen-bond acceptors (Lipinski definition) is 3. The van der Waals surface area contributed by atoms with E-state index in [1.165, 1.54) is 10.8 Å². The third kappa shape index (κ3) is 3.53. The first kappa shape index (κ1) is 17.6. The van der Waals surface area contributed by atoms with Gasteiger partial charge in [-0.3, -0.25) is 4.99 Å². The quantitative estimate of drug-likeness (QED) is 0.346. The second kappa shape index (κ2) is 7.41. The van der Waals surface area contributed by atoms with Gasteiger partial charge in [-0.05, 0) is 42.8 Å². The van der Waals surface area contributed by atoms with Gasteiger partial charge in [-0.1, -0.05) is 64.5 Å². The fraction of sp³-hybridized carbons (Fsp3) is 0.0870. The van der Waals surface area contributed by atoms with Crippen LogP contribution in [0.15, 0.2) is 76.2 Å². The molecule has 1 aromatic heterocycles. The summed E-state index contributed by atoms with van der Waals surface area (Å²) in [7, 11) is 0. The Kier molecular flexibility index (Phi) is 4.82. The van der Waals surface area contributed by atoms with Crippen LogP contribution in [-0.4, -0.2) is 16.2 Å². The van der Waals surface area contributed by atoms with Crippen LogP contribution in [-0.2, 0) is 0 Å². The predicted molar refractivity (Wildman–Crippen MR) is 117 cm³/mol. The van der Waals surface area contributed by atoms with Crippen molar-refractivity contribution in [3.05, 3.63) is 76.9 Å². The lowest BCUT2D eigenvalue weighted by Gasteiger charge is -2.11. The summed E-state index contributed by atoms with van der Waals surface area (Å²) < 4.78 is 1.03. The monoisotopic (exact) mass is 415 g/mol. The Morgan fingerprint density at radius 1 is 0.852 bits per heavy atom. The van der Waals surface area contributed by atoms with Crippen LogP contribution in [0.2, 0.25) is 0 Å². The Morgan fingerprint density at radius 3 is 2.30 bits per heavy atom. The molecule has 3 nitrogen and oxygen atoms in total. The van der Waals surface area contributed by atoms with Gasteiger partial charge < -0.3 is 0 Å². The zero-order valence-corrected chi connectivity index (χ0v) is 16.7. The third-order valence-corrected chi connectivity index (χ3v) is 4.97. The van der Waals surface area contributed by atoms with Gasteiger partial charge in [-0.25, -0.2) is 9.97 Å². The second-order valence-corrected chi connectivity index (χ2v) is 7.20. The number of aryl methyl sites for hydroxylation is 1. The van der Waals surface area contributed by atoms with E-state index < -0.39 is 0 Å². The van der Waals surface area contributed by atoms with Crippen LogP contribution < -0.4 is 0 Å². The first-order valence-corrected chi connectivity index (χ1v) is 9.57. The number of aliphatic imine (C=N–C) groups is 1. The summed E-state index contributed by atoms with van der Waals surface area (Å²) in [4.78, 5) is 14.1. The Labute approximate surface area is 167 Å². The van der Waals surface area contributed by atoms with Crippen molar-refractivity contribution in [1.29, 1.82) is 0 Å². The largest absolute Gasteiger partial charge is 0.257 e. The smallest absolute Gasteiger partial charge is 0.160 e. The van der Waals surface area contributed by atoms with Crippen molar-refractivity contribution < 1.29 is 0 Å². The highest BCUT2D eigenvalue weighted by molar-refractivity contribution is 9.10. The number of nitrogens with zero attached hydrogens (tertiary/aromatic N) is 3. The molecule has 0 saturated heterocycles. The van der Waals surface area contributed by atoms with Crippen molar-refractivity contribution >= 4 is 38.6 Å². The van der Waals surface area contributed by atoms with Crippen LogP contribution in [0, 0.1) is 6.92 Å². The van der Waals surface area contributed by atoms with E-state index in [4.69, 9.17) is 9.97 Å². The van der Waals surface area contributed by atoms with Crippen LogP contribution in [0.1, 0.15) is 12.6 Å². The standard InChI is InChI=1S/C23H18BrN3/c1-3-25-21-15(2)26-23(17-10-12-20(24)13-11-17)27-22(21)19-9-8-16-6-4-5-7-18(16)14-19/h3-14H,1-2H3. The lowest BCUT2D eigenvalue weighted by molar-refractivity contribution is 1.11. The van der Waals surface area contributed by atoms with Gasteiger partial charge in [0.2, 0.25) is 0 Å². The van der Waals surface area contributed by atoms with E-state index in [-0.39, 0.29) is 0 Å². The van der Waals surface area contributed by atoms with E-state index in [0.717, 1.165) is 32.7 Å². The maximum absolute atomic E-state index is 4.89. The molecule has 0 N–H and O–H groups in total. The fourth-order valence-corrected chi connectivity index (χ4v) is 3.38. The maximum atomic E-state index is 4.89. The third-order valence-electron chi connectivity index (χ3n) is 4.44. The molecule has 0 bridgehead atoms. The Hall–Kier alpha value is -2.85. The van der Waals surface area contributed by atoms with E-state index in [1.807, 2.05) is 38.1 Å². The zero-order valence-electron chi connectivity index (χ0n) is 15.1. The minimum absolute atomic E-state index is 0.707. The van der Waals surface area contributed by atoms with Gasteiger partial charge in [0.1, 0.15) is 11.4 Å². The number of aromatic nitrogens is 2. The summed E-state index contributed by atoms with van der Waals surface area (Å²) in [5.74, 6) is 0.707. The van der Waals surface area contributed by atoms with Gasteiger partial charge in [-0.2, -0.15) is 0 Å². The summed E-state index contributed by atoms with van der Waals surface area (Å²) in [6, 6.07) is 22.8. The SMILES string of the molecule is CC=Nc1c(C)nc(-c2ccc(Br)cc2)nc1-c1ccc2ccccc2c1. The van der Waals surface area contributed by atoms with E-state index in [1.54, 1.807) is 6.21 Å². The molecule has 27 heavy (non-hydrogen) atoms. The number of hydrogen-bond donors (Lipinski definition) is 0. The molecule has 132 valence electrons. The lowest BCUT2D eigenvalue weighted by atomic mass is 10.0. The zero-order chi connectivity index (χ0) is 18.8. The molecule has 1 heterocycles. The lowest BCUT2D eigenvalue weighted by Crippen LogP contribution is -1.97. The van der Waals surface area contributed by atoms with Crippen molar-refractivity contribution in [1.82, 2.24) is 9.97 Å². The first-order chi connectivity index (χ1) is 13.2. The average molecular weight is 416 g/mol. The highest BCUT2D eigenvalue weighted by Crippen LogP contribution is 2.34. The van der Waals surface area contributed by atoms with Gasteiger partial charge in [0.05, 0.1) is 5.69 Å². The number of halogens is 1. The van der Waals surface area contributed by atoms with Crippen LogP contribution in [0.3, 0.4) is 0 Å². The van der Waals surface area contributed by atoms with E-state index in [2.05, 4.69) is 63.4 Å². The van der Waals surface area contributed by atoms with E-state index in [0.29, 0.717) is 5.82 Å². The van der Waals surface area contributed by atoms with Crippen LogP contribution in [0.5, 0.6) is 0 Å². The van der Waals surface area contributed by atoms with Crippen LogP contribution in [0.25, 0.3) is 33.4 Å². The summed E-state index contributed by atoms with van der Waals surface area (Å²) in [5.41, 5.74) is 4.55. The minimum atomic E-state index is 0.707. The van der Waals surface area contributed by atoms with Crippen LogP contribution >= 0.6 is 15.9 Å². The summed E-state index contributed by atoms with van der Waals surface area (Å²) in [5, 5.41) is 2.39. The minimum Gasteiger partial charge on any atom is -0.257 e. The molecule has 0 radical (unpaired) electrons. The average Bonchev–Trinajstić information content (AvgIpc) is 2.69. The van der Waals surface area contributed by atoms with Crippen LogP contribution in [0.4, 0.5) is 5.69 Å². The fourth-order valence-electron chi connectivity index (χ4n) is 3.12. The number of benzene rings is 3. The Bertz CT molecular complexity index is 1150. The van der Waals surface area contributed by atoms with Gasteiger partial charge in [0.25, 0.3) is 0 Å². The molecule has 0 aliphatic heterocycles. The van der Waals surface area contributed by atoms with Gasteiger partial charge >= 0.3 is 0 Å². The predicted octanol–water partition coefficient (Wildman–Crippen LogP) is 6.76. The van der Waals surface area contributed by atoms with Crippen molar-refractivity contribution in [2.45, 2.75) is 13.8 Å². The summed E-state index contributed by atoms with van der Waals surface area (Å²) in [6.07, 6.45) is 1.79. The second-order valence-electron chi connectivity index (χ2n) is 6.29. The molecule has 0 spiro atoms. The summed E-state index contributed by atoms with van der Waals surface area (Å²) >= 11 is 3.48. The van der Waals surface area contributed by atoms with Crippen molar-refractivity contribution in [3.8, 4) is 22.6 Å². The first-order valence-electron chi connectivity index (χ1n) is 8.78. The molecular weight excluding hydrogens is 398 g/mol. The number of rotatable bonds is 3. The van der Waals surface area contributed by atoms with Crippen molar-refractivity contribution in [2.75, 3.05) is 0 Å². The van der Waals surface area contributed by atoms with Gasteiger partial charge in [0.15, 0.2) is 5.82 Å². The Balaban J connectivity index is 1.94. The highest BCUT2D eigenvalue weighted by atomic mass is 79.9. The molecule has 0 aliphatic rings. The molecule has 0 amide bonds. The normalized spacial score (nSPS) is 11.4. The molecular formula is C23H18BrN3. The van der Waals surface area contributed by atoms with E-state index in [9.17, 15) is 0 Å². The molecule has 0 atom stereocenters. The maximum Gasteiger partial charge on any atom is 0.160 e. The molecule has 4 heteroatoms. The van der Waals surface area contributed by atoms with E-state index >= 15 is 0 Å². The molecule has 0 fully saturated rings. The molecule has 4 rings (SSSR count). The molecule has 0 saturated carbocycles. The van der Waals surface area contributed by atoms with Crippen molar-refractivity contribution in [3.63, 3.8) is 0 Å². The molecule has 4 aromatic rings. The highest BCUT2D eigenvalue weighted by Gasteiger charge is 2.14. The van der Waals surface area contributed by atoms with Gasteiger partial charge in [-0.15, -0.1) is 0 Å². The van der Waals surface area contributed by atoms with Crippen molar-refractivity contribution in [2.24, 2.45) is 4.99 Å². The summed E-state index contributed by atoms with van der Waals surface area (Å²) in [6.45, 7) is 3.89. The topological polar surface area (TPSA) is 38.1 Å². The van der Waals surface area contributed by atoms with Gasteiger partial charge in [0, 0.05) is 21.8 Å². The molecule has 3 aromatic carbocycles. The molecule has 0 aliphatic carbocycles. The Morgan fingerprint density at radius 2 is 1.56 bits per heavy atom.